The number of esters is 1. The lowest BCUT2D eigenvalue weighted by atomic mass is 10.0. The first-order valence-electron chi connectivity index (χ1n) is 12.4. The summed E-state index contributed by atoms with van der Waals surface area (Å²) in [5.74, 6) is -0.166. The Balaban J connectivity index is 1.51. The molecule has 0 atom stereocenters. The summed E-state index contributed by atoms with van der Waals surface area (Å²) in [4.78, 5) is 13.0. The minimum Gasteiger partial charge on any atom is -0.497 e. The van der Waals surface area contributed by atoms with Gasteiger partial charge < -0.3 is 9.47 Å². The summed E-state index contributed by atoms with van der Waals surface area (Å²) in [5.41, 5.74) is 3.77. The summed E-state index contributed by atoms with van der Waals surface area (Å²) in [7, 11) is -2.11. The van der Waals surface area contributed by atoms with Crippen LogP contribution in [0.3, 0.4) is 0 Å². The Morgan fingerprint density at radius 3 is 2.47 bits per heavy atom. The summed E-state index contributed by atoms with van der Waals surface area (Å²) in [5, 5.41) is 4.58. The lowest BCUT2D eigenvalue weighted by molar-refractivity contribution is 0.0529. The van der Waals surface area contributed by atoms with Crippen LogP contribution in [0, 0.1) is 5.82 Å². The number of hydrogen-bond donors (Lipinski definition) is 1. The normalized spacial score (nSPS) is 13.4. The van der Waals surface area contributed by atoms with E-state index in [0.29, 0.717) is 34.6 Å². The van der Waals surface area contributed by atoms with Crippen LogP contribution in [0.15, 0.2) is 60.8 Å². The van der Waals surface area contributed by atoms with Crippen LogP contribution in [-0.2, 0) is 21.2 Å². The number of pyridine rings is 1. The molecule has 0 saturated heterocycles. The Bertz CT molecular complexity index is 1580. The number of anilines is 1. The van der Waals surface area contributed by atoms with Crippen molar-refractivity contribution in [3.8, 4) is 17.0 Å². The van der Waals surface area contributed by atoms with E-state index >= 15 is 0 Å². The minimum absolute atomic E-state index is 0.102. The van der Waals surface area contributed by atoms with Crippen LogP contribution in [0.25, 0.3) is 16.8 Å². The highest BCUT2D eigenvalue weighted by molar-refractivity contribution is 7.92. The summed E-state index contributed by atoms with van der Waals surface area (Å²) < 4.78 is 54.4. The van der Waals surface area contributed by atoms with Crippen molar-refractivity contribution in [2.75, 3.05) is 24.2 Å². The van der Waals surface area contributed by atoms with E-state index < -0.39 is 21.8 Å². The number of rotatable bonds is 10. The van der Waals surface area contributed by atoms with Gasteiger partial charge in [0.2, 0.25) is 10.0 Å². The summed E-state index contributed by atoms with van der Waals surface area (Å²) in [6.45, 7) is 1.90. The molecular weight excluding hydrogens is 509 g/mol. The zero-order valence-corrected chi connectivity index (χ0v) is 21.9. The molecule has 38 heavy (non-hydrogen) atoms. The third-order valence-corrected chi connectivity index (χ3v) is 7.77. The molecule has 198 valence electrons. The van der Waals surface area contributed by atoms with E-state index in [4.69, 9.17) is 9.47 Å². The minimum atomic E-state index is -3.69. The molecule has 0 aliphatic heterocycles. The second-order valence-electron chi connectivity index (χ2n) is 9.22. The standard InChI is InChI=1S/C28H28FN3O5S/c1-3-37-28(33)26-25-16-23(19-6-7-19)24(17-32(25)30-27(26)20-8-10-21(29)11-9-20)31-38(34,35)15-14-18-4-12-22(36-2)13-5-18/h4-5,8-13,16-17,19,31H,3,6-7,14-15H2,1-2H3. The van der Waals surface area contributed by atoms with Gasteiger partial charge in [-0.1, -0.05) is 12.1 Å². The maximum Gasteiger partial charge on any atom is 0.342 e. The van der Waals surface area contributed by atoms with Gasteiger partial charge >= 0.3 is 5.97 Å². The van der Waals surface area contributed by atoms with Crippen LogP contribution < -0.4 is 9.46 Å². The first-order chi connectivity index (χ1) is 18.3. The molecule has 0 bridgehead atoms. The van der Waals surface area contributed by atoms with Crippen molar-refractivity contribution in [1.29, 1.82) is 0 Å². The van der Waals surface area contributed by atoms with E-state index in [1.807, 2.05) is 18.2 Å². The van der Waals surface area contributed by atoms with Crippen LogP contribution >= 0.6 is 0 Å². The number of nitrogens with one attached hydrogen (secondary N) is 1. The average molecular weight is 538 g/mol. The summed E-state index contributed by atoms with van der Waals surface area (Å²) >= 11 is 0. The van der Waals surface area contributed by atoms with Crippen LogP contribution in [-0.4, -0.2) is 43.5 Å². The van der Waals surface area contributed by atoms with Gasteiger partial charge in [0.05, 0.1) is 36.9 Å². The molecule has 0 unspecified atom stereocenters. The van der Waals surface area contributed by atoms with Gasteiger partial charge in [-0.05, 0) is 85.7 Å². The lowest BCUT2D eigenvalue weighted by Crippen LogP contribution is -2.19. The number of aryl methyl sites for hydroxylation is 1. The molecule has 1 aliphatic carbocycles. The van der Waals surface area contributed by atoms with Gasteiger partial charge in [0.1, 0.15) is 22.8 Å². The lowest BCUT2D eigenvalue weighted by Gasteiger charge is -2.13. The highest BCUT2D eigenvalue weighted by atomic mass is 32.2. The monoisotopic (exact) mass is 537 g/mol. The largest absolute Gasteiger partial charge is 0.497 e. The topological polar surface area (TPSA) is 99.0 Å². The maximum atomic E-state index is 13.6. The predicted octanol–water partition coefficient (Wildman–Crippen LogP) is 5.19. The Hall–Kier alpha value is -3.92. The van der Waals surface area contributed by atoms with Gasteiger partial charge in [0, 0.05) is 5.56 Å². The van der Waals surface area contributed by atoms with Crippen molar-refractivity contribution in [2.45, 2.75) is 32.1 Å². The van der Waals surface area contributed by atoms with Crippen molar-refractivity contribution < 1.29 is 27.1 Å². The Kier molecular flexibility index (Phi) is 7.07. The zero-order chi connectivity index (χ0) is 26.9. The number of sulfonamides is 1. The molecule has 1 fully saturated rings. The molecular formula is C28H28FN3O5S. The van der Waals surface area contributed by atoms with Crippen molar-refractivity contribution in [3.63, 3.8) is 0 Å². The number of hydrogen-bond acceptors (Lipinski definition) is 6. The molecule has 8 nitrogen and oxygen atoms in total. The first-order valence-corrected chi connectivity index (χ1v) is 14.1. The number of carbonyl (C=O) groups is 1. The van der Waals surface area contributed by atoms with Crippen molar-refractivity contribution in [3.05, 3.63) is 83.3 Å². The number of ether oxygens (including phenoxy) is 2. The molecule has 0 spiro atoms. The molecule has 0 amide bonds. The smallest absolute Gasteiger partial charge is 0.342 e. The molecule has 4 aromatic rings. The maximum absolute atomic E-state index is 13.6. The molecule has 1 saturated carbocycles. The Labute approximate surface area is 220 Å². The highest BCUT2D eigenvalue weighted by Gasteiger charge is 2.31. The number of carbonyl (C=O) groups excluding carboxylic acids is 1. The highest BCUT2D eigenvalue weighted by Crippen LogP contribution is 2.45. The third-order valence-electron chi connectivity index (χ3n) is 6.50. The van der Waals surface area contributed by atoms with Gasteiger partial charge in [-0.25, -0.2) is 22.1 Å². The average Bonchev–Trinajstić information content (AvgIpc) is 3.68. The van der Waals surface area contributed by atoms with Crippen molar-refractivity contribution >= 4 is 27.2 Å². The number of halogens is 1. The fourth-order valence-corrected chi connectivity index (χ4v) is 5.51. The number of aromatic nitrogens is 2. The molecule has 2 aromatic heterocycles. The van der Waals surface area contributed by atoms with E-state index in [1.54, 1.807) is 44.5 Å². The van der Waals surface area contributed by atoms with E-state index in [1.165, 1.54) is 16.6 Å². The van der Waals surface area contributed by atoms with Crippen LogP contribution in [0.2, 0.25) is 0 Å². The molecule has 2 aromatic carbocycles. The number of nitrogens with zero attached hydrogens (tertiary/aromatic N) is 2. The summed E-state index contributed by atoms with van der Waals surface area (Å²) in [6, 6.07) is 14.8. The van der Waals surface area contributed by atoms with Crippen molar-refractivity contribution in [2.24, 2.45) is 0 Å². The second-order valence-corrected chi connectivity index (χ2v) is 11.1. The fraction of sp³-hybridized carbons (Fsp3) is 0.286. The van der Waals surface area contributed by atoms with Gasteiger partial charge in [-0.3, -0.25) is 4.72 Å². The number of methoxy groups -OCH3 is 1. The van der Waals surface area contributed by atoms with E-state index in [0.717, 1.165) is 24.0 Å². The SMILES string of the molecule is CCOC(=O)c1c(-c2ccc(F)cc2)nn2cc(NS(=O)(=O)CCc3ccc(OC)cc3)c(C3CC3)cc12. The van der Waals surface area contributed by atoms with Gasteiger partial charge in [-0.15, -0.1) is 0 Å². The Morgan fingerprint density at radius 2 is 1.84 bits per heavy atom. The fourth-order valence-electron chi connectivity index (χ4n) is 4.40. The van der Waals surface area contributed by atoms with Crippen molar-refractivity contribution in [1.82, 2.24) is 9.61 Å². The first kappa shape index (κ1) is 25.7. The molecule has 5 rings (SSSR count). The van der Waals surface area contributed by atoms with Gasteiger partial charge in [0.15, 0.2) is 0 Å². The molecule has 1 N–H and O–H groups in total. The summed E-state index contributed by atoms with van der Waals surface area (Å²) in [6.07, 6.45) is 3.78. The predicted molar refractivity (Wildman–Crippen MR) is 143 cm³/mol. The van der Waals surface area contributed by atoms with E-state index in [9.17, 15) is 17.6 Å². The third kappa shape index (κ3) is 5.50. The van der Waals surface area contributed by atoms with Crippen LogP contribution in [0.1, 0.15) is 47.2 Å². The van der Waals surface area contributed by atoms with Crippen LogP contribution in [0.5, 0.6) is 5.75 Å². The molecule has 10 heteroatoms. The zero-order valence-electron chi connectivity index (χ0n) is 21.1. The molecule has 2 heterocycles. The second kappa shape index (κ2) is 10.4. The number of benzene rings is 2. The Morgan fingerprint density at radius 1 is 1.13 bits per heavy atom. The molecule has 0 radical (unpaired) electrons. The van der Waals surface area contributed by atoms with E-state index in [2.05, 4.69) is 9.82 Å². The molecule has 1 aliphatic rings. The van der Waals surface area contributed by atoms with E-state index in [-0.39, 0.29) is 23.8 Å². The number of fused-ring (bicyclic) bond motifs is 1. The quantitative estimate of drug-likeness (QED) is 0.280. The van der Waals surface area contributed by atoms with Gasteiger partial charge in [0.25, 0.3) is 0 Å². The van der Waals surface area contributed by atoms with Gasteiger partial charge in [-0.2, -0.15) is 5.10 Å². The van der Waals surface area contributed by atoms with Crippen LogP contribution in [0.4, 0.5) is 10.1 Å².